The molecule has 0 aliphatic carbocycles. The van der Waals surface area contributed by atoms with Crippen molar-refractivity contribution >= 4 is 0 Å². The highest BCUT2D eigenvalue weighted by Gasteiger charge is 2.19. The van der Waals surface area contributed by atoms with Crippen molar-refractivity contribution in [1.29, 1.82) is 0 Å². The molecule has 2 aromatic rings. The van der Waals surface area contributed by atoms with Gasteiger partial charge in [0.2, 0.25) is 0 Å². The Bertz CT molecular complexity index is 685. The summed E-state index contributed by atoms with van der Waals surface area (Å²) in [6.45, 7) is -4.97. The Labute approximate surface area is 103 Å². The Hall–Kier alpha value is -1.61. The molecule has 82 valence electrons. The van der Waals surface area contributed by atoms with E-state index < -0.39 is 19.4 Å². The number of nitrogens with zero attached hydrogens (tertiary/aromatic N) is 2. The van der Waals surface area contributed by atoms with E-state index in [1.54, 1.807) is 30.3 Å². The molecule has 2 heterocycles. The van der Waals surface area contributed by atoms with Crippen molar-refractivity contribution in [2.75, 3.05) is 6.50 Å². The van der Waals surface area contributed by atoms with E-state index in [0.717, 1.165) is 11.1 Å². The number of rotatable bonds is 2. The highest BCUT2D eigenvalue weighted by atomic mass is 16.5. The van der Waals surface area contributed by atoms with Gasteiger partial charge in [-0.2, -0.15) is 0 Å². The lowest BCUT2D eigenvalue weighted by molar-refractivity contribution is 0.210. The fourth-order valence-electron chi connectivity index (χ4n) is 1.53. The molecule has 1 aliphatic rings. The molecule has 0 radical (unpaired) electrons. The zero-order chi connectivity index (χ0) is 16.2. The Morgan fingerprint density at radius 2 is 2.25 bits per heavy atom. The number of fused-ring (bicyclic) bond motifs is 1. The van der Waals surface area contributed by atoms with Gasteiger partial charge in [0.25, 0.3) is 0 Å². The first-order chi connectivity index (χ1) is 10.2. The van der Waals surface area contributed by atoms with Gasteiger partial charge in [0, 0.05) is 24.1 Å². The molecule has 0 saturated heterocycles. The second kappa shape index (κ2) is 4.10. The van der Waals surface area contributed by atoms with Gasteiger partial charge >= 0.3 is 0 Å². The quantitative estimate of drug-likeness (QED) is 0.777. The number of aromatic nitrogens is 1. The number of benzene rings is 1. The molecule has 1 aliphatic heterocycles. The van der Waals surface area contributed by atoms with Gasteiger partial charge < -0.3 is 4.52 Å². The van der Waals surface area contributed by atoms with Crippen LogP contribution in [0.2, 0.25) is 0 Å². The predicted molar refractivity (Wildman–Crippen MR) is 60.8 cm³/mol. The van der Waals surface area contributed by atoms with E-state index in [4.69, 9.17) is 12.7 Å². The summed E-state index contributed by atoms with van der Waals surface area (Å²) < 4.78 is 53.8. The number of aryl methyl sites for hydroxylation is 1. The minimum atomic E-state index is -2.56. The van der Waals surface area contributed by atoms with E-state index in [9.17, 15) is 0 Å². The zero-order valence-corrected chi connectivity index (χ0v) is 8.47. The fourth-order valence-corrected chi connectivity index (χ4v) is 1.53. The Balaban J connectivity index is 2.13. The molecule has 0 spiro atoms. The summed E-state index contributed by atoms with van der Waals surface area (Å²) in [4.78, 5) is 0.836. The van der Waals surface area contributed by atoms with Crippen LogP contribution in [-0.4, -0.2) is 16.6 Å². The molecule has 0 amide bonds. The van der Waals surface area contributed by atoms with Crippen LogP contribution in [0.15, 0.2) is 41.1 Å². The molecule has 1 aromatic carbocycles. The minimum Gasteiger partial charge on any atom is -0.360 e. The largest absolute Gasteiger partial charge is 0.360 e. The summed E-state index contributed by atoms with van der Waals surface area (Å²) in [5.41, 5.74) is 0.487. The maximum Gasteiger partial charge on any atom is 0.153 e. The summed E-state index contributed by atoms with van der Waals surface area (Å²) in [7, 11) is 0. The molecule has 0 atom stereocenters. The molecular weight excluding hydrogens is 200 g/mol. The highest BCUT2D eigenvalue weighted by Crippen LogP contribution is 2.19. The van der Waals surface area contributed by atoms with Gasteiger partial charge in [0.05, 0.1) is 15.4 Å². The topological polar surface area (TPSA) is 29.3 Å². The van der Waals surface area contributed by atoms with Gasteiger partial charge in [-0.15, -0.1) is 0 Å². The van der Waals surface area contributed by atoms with Crippen molar-refractivity contribution in [3.05, 3.63) is 53.4 Å². The summed E-state index contributed by atoms with van der Waals surface area (Å²) in [6, 6.07) is 8.80. The van der Waals surface area contributed by atoms with Crippen LogP contribution in [0, 0.1) is 0 Å². The molecule has 0 N–H and O–H groups in total. The molecule has 3 nitrogen and oxygen atoms in total. The lowest BCUT2D eigenvalue weighted by Crippen LogP contribution is -2.29. The third kappa shape index (κ3) is 1.86. The molecular formula is C13H14N2O. The molecule has 16 heavy (non-hydrogen) atoms. The molecule has 0 bridgehead atoms. The van der Waals surface area contributed by atoms with E-state index in [-0.39, 0.29) is 17.9 Å². The first-order valence-electron chi connectivity index (χ1n) is 7.96. The maximum absolute atomic E-state index is 8.22. The van der Waals surface area contributed by atoms with Crippen molar-refractivity contribution in [3.8, 4) is 0 Å². The van der Waals surface area contributed by atoms with Crippen LogP contribution in [0.3, 0.4) is 0 Å². The summed E-state index contributed by atoms with van der Waals surface area (Å²) in [5.74, 6) is -0.288. The third-order valence-corrected chi connectivity index (χ3v) is 2.32. The van der Waals surface area contributed by atoms with Crippen LogP contribution < -0.4 is 0 Å². The van der Waals surface area contributed by atoms with Crippen molar-refractivity contribution < 1.29 is 12.7 Å². The second-order valence-corrected chi connectivity index (χ2v) is 3.49. The highest BCUT2D eigenvalue weighted by molar-refractivity contribution is 5.18. The van der Waals surface area contributed by atoms with Gasteiger partial charge in [-0.05, 0) is 11.9 Å². The van der Waals surface area contributed by atoms with Crippen LogP contribution in [0.1, 0.15) is 25.1 Å². The Morgan fingerprint density at radius 1 is 1.38 bits per heavy atom. The average molecular weight is 220 g/mol. The third-order valence-electron chi connectivity index (χ3n) is 2.32. The van der Waals surface area contributed by atoms with E-state index in [1.165, 1.54) is 0 Å². The van der Waals surface area contributed by atoms with Gasteiger partial charge in [-0.25, -0.2) is 0 Å². The molecule has 3 rings (SSSR count). The summed E-state index contributed by atoms with van der Waals surface area (Å²) in [6.07, 6.45) is -1.40. The van der Waals surface area contributed by atoms with Crippen molar-refractivity contribution in [3.63, 3.8) is 0 Å². The fraction of sp³-hybridized carbons (Fsp3) is 0.308. The van der Waals surface area contributed by atoms with Crippen LogP contribution in [0.5, 0.6) is 0 Å². The van der Waals surface area contributed by atoms with Crippen LogP contribution >= 0.6 is 0 Å². The van der Waals surface area contributed by atoms with Crippen molar-refractivity contribution in [1.82, 2.24) is 10.1 Å². The minimum absolute atomic E-state index is 0.0967. The zero-order valence-electron chi connectivity index (χ0n) is 14.5. The smallest absolute Gasteiger partial charge is 0.153 e. The van der Waals surface area contributed by atoms with E-state index >= 15 is 0 Å². The summed E-state index contributed by atoms with van der Waals surface area (Å²) in [5, 5.41) is 3.45. The van der Waals surface area contributed by atoms with Gasteiger partial charge in [-0.3, -0.25) is 4.90 Å². The predicted octanol–water partition coefficient (Wildman–Crippen LogP) is 2.23. The lowest BCUT2D eigenvalue weighted by atomic mass is 10.1. The molecule has 0 saturated carbocycles. The first kappa shape index (κ1) is 5.15. The van der Waals surface area contributed by atoms with Crippen LogP contribution in [0.4, 0.5) is 0 Å². The van der Waals surface area contributed by atoms with E-state index in [0.29, 0.717) is 5.56 Å². The van der Waals surface area contributed by atoms with Gasteiger partial charge in [0.1, 0.15) is 0 Å². The molecule has 3 heteroatoms. The molecule has 0 unspecified atom stereocenters. The van der Waals surface area contributed by atoms with Gasteiger partial charge in [0.15, 0.2) is 5.76 Å². The normalized spacial score (nSPS) is 31.0. The standard InChI is InChI=1S/C13H14N2O/c1-2-4-11(5-3-1)9-15-7-6-12-8-14-16-13(12)10-15/h1-5,8H,6-7,9-10H2/i6D2,7D2,10D2. The van der Waals surface area contributed by atoms with Crippen LogP contribution in [0.25, 0.3) is 0 Å². The number of hydrogen-bond acceptors (Lipinski definition) is 3. The molecule has 0 fully saturated rings. The lowest BCUT2D eigenvalue weighted by Gasteiger charge is -2.25. The number of hydrogen-bond donors (Lipinski definition) is 0. The van der Waals surface area contributed by atoms with E-state index in [1.807, 2.05) is 0 Å². The Kier molecular flexibility index (Phi) is 1.32. The van der Waals surface area contributed by atoms with Crippen LogP contribution in [-0.2, 0) is 19.4 Å². The molecule has 1 aromatic heterocycles. The average Bonchev–Trinajstić information content (AvgIpc) is 2.95. The Morgan fingerprint density at radius 3 is 3.12 bits per heavy atom. The second-order valence-electron chi connectivity index (χ2n) is 3.49. The SMILES string of the molecule is [2H]C1([2H])c2oncc2C([2H])([2H])C([2H])([2H])N1Cc1ccccc1. The van der Waals surface area contributed by atoms with Crippen molar-refractivity contribution in [2.45, 2.75) is 19.4 Å². The van der Waals surface area contributed by atoms with Crippen molar-refractivity contribution in [2.24, 2.45) is 0 Å². The summed E-state index contributed by atoms with van der Waals surface area (Å²) >= 11 is 0. The van der Waals surface area contributed by atoms with E-state index in [2.05, 4.69) is 5.16 Å². The monoisotopic (exact) mass is 220 g/mol. The maximum atomic E-state index is 8.22. The first-order valence-corrected chi connectivity index (χ1v) is 4.96. The van der Waals surface area contributed by atoms with Gasteiger partial charge in [-0.1, -0.05) is 35.5 Å².